The van der Waals surface area contributed by atoms with E-state index in [1.54, 1.807) is 11.8 Å². The number of carbonyl (C=O) groups is 2. The van der Waals surface area contributed by atoms with Crippen molar-refractivity contribution in [3.63, 3.8) is 0 Å². The molecule has 1 heterocycles. The van der Waals surface area contributed by atoms with Crippen LogP contribution in [0.5, 0.6) is 0 Å². The van der Waals surface area contributed by atoms with Gasteiger partial charge in [0.25, 0.3) is 5.91 Å². The molecule has 0 saturated heterocycles. The maximum absolute atomic E-state index is 12.1. The lowest BCUT2D eigenvalue weighted by Crippen LogP contribution is -2.34. The Hall–Kier alpha value is -2.10. The van der Waals surface area contributed by atoms with Crippen LogP contribution in [-0.4, -0.2) is 25.0 Å². The van der Waals surface area contributed by atoms with Gasteiger partial charge in [-0.05, 0) is 31.4 Å². The van der Waals surface area contributed by atoms with Crippen LogP contribution in [0.15, 0.2) is 36.4 Å². The van der Waals surface area contributed by atoms with Gasteiger partial charge in [0.2, 0.25) is 0 Å². The molecule has 2 rings (SSSR count). The first-order chi connectivity index (χ1) is 9.22. The molecule has 1 aromatic carbocycles. The summed E-state index contributed by atoms with van der Waals surface area (Å²) in [6, 6.07) is 7.86. The summed E-state index contributed by atoms with van der Waals surface area (Å²) in [7, 11) is 0. The maximum atomic E-state index is 12.1. The van der Waals surface area contributed by atoms with Crippen LogP contribution in [0.4, 0.5) is 5.69 Å². The number of anilines is 1. The number of fused-ring (bicyclic) bond motifs is 1. The van der Waals surface area contributed by atoms with Crippen LogP contribution in [0.2, 0.25) is 0 Å². The summed E-state index contributed by atoms with van der Waals surface area (Å²) >= 11 is 0. The zero-order valence-electron chi connectivity index (χ0n) is 11.0. The Balaban J connectivity index is 2.11. The molecule has 1 amide bonds. The lowest BCUT2D eigenvalue weighted by molar-refractivity contribution is -0.137. The van der Waals surface area contributed by atoms with Gasteiger partial charge in [0.1, 0.15) is 0 Å². The Kier molecular flexibility index (Phi) is 4.34. The topological polar surface area (TPSA) is 46.6 Å². The summed E-state index contributed by atoms with van der Waals surface area (Å²) in [5.74, 6) is -0.665. The number of esters is 1. The third-order valence-corrected chi connectivity index (χ3v) is 3.02. The monoisotopic (exact) mass is 259 g/mol. The zero-order valence-corrected chi connectivity index (χ0v) is 11.0. The van der Waals surface area contributed by atoms with Crippen LogP contribution < -0.4 is 4.90 Å². The van der Waals surface area contributed by atoms with Crippen LogP contribution in [0.25, 0.3) is 0 Å². The summed E-state index contributed by atoms with van der Waals surface area (Å²) in [6.45, 7) is 2.72. The predicted octanol–water partition coefficient (Wildman–Crippen LogP) is 2.09. The van der Waals surface area contributed by atoms with Crippen LogP contribution in [0, 0.1) is 0 Å². The number of nitrogens with zero attached hydrogens (tertiary/aromatic N) is 1. The largest absolute Gasteiger partial charge is 0.463 e. The van der Waals surface area contributed by atoms with Crippen molar-refractivity contribution in [2.45, 2.75) is 19.8 Å². The fraction of sp³-hybridized carbons (Fsp3) is 0.333. The van der Waals surface area contributed by atoms with Gasteiger partial charge < -0.3 is 9.64 Å². The van der Waals surface area contributed by atoms with E-state index < -0.39 is 5.97 Å². The van der Waals surface area contributed by atoms with E-state index in [1.807, 2.05) is 24.3 Å². The minimum atomic E-state index is -0.485. The second kappa shape index (κ2) is 6.18. The number of benzene rings is 1. The number of carbonyl (C=O) groups excluding carboxylic acids is 2. The molecule has 0 bridgehead atoms. The van der Waals surface area contributed by atoms with E-state index in [0.717, 1.165) is 18.5 Å². The Morgan fingerprint density at radius 1 is 1.32 bits per heavy atom. The van der Waals surface area contributed by atoms with E-state index in [4.69, 9.17) is 4.74 Å². The molecule has 0 atom stereocenters. The van der Waals surface area contributed by atoms with Crippen LogP contribution in [0.1, 0.15) is 18.9 Å². The molecule has 0 aliphatic carbocycles. The molecular formula is C15H17NO3. The first kappa shape index (κ1) is 13.3. The van der Waals surface area contributed by atoms with Crippen molar-refractivity contribution in [2.75, 3.05) is 18.1 Å². The lowest BCUT2D eigenvalue weighted by atomic mass is 10.0. The number of rotatable bonds is 3. The van der Waals surface area contributed by atoms with Gasteiger partial charge in [-0.2, -0.15) is 0 Å². The molecule has 0 spiro atoms. The fourth-order valence-corrected chi connectivity index (χ4v) is 2.18. The van der Waals surface area contributed by atoms with Gasteiger partial charge in [-0.25, -0.2) is 4.79 Å². The number of hydrogen-bond donors (Lipinski definition) is 0. The number of hydrogen-bond acceptors (Lipinski definition) is 3. The van der Waals surface area contributed by atoms with Crippen molar-refractivity contribution in [1.82, 2.24) is 0 Å². The first-order valence-corrected chi connectivity index (χ1v) is 6.46. The molecule has 0 radical (unpaired) electrons. The van der Waals surface area contributed by atoms with Crippen molar-refractivity contribution < 1.29 is 14.3 Å². The molecule has 1 aliphatic rings. The average molecular weight is 259 g/mol. The SMILES string of the molecule is CCOC(=O)C=CC(=O)N1CCCc2ccccc21. The molecule has 1 aliphatic heterocycles. The van der Waals surface area contributed by atoms with Crippen molar-refractivity contribution >= 4 is 17.6 Å². The van der Waals surface area contributed by atoms with E-state index in [1.165, 1.54) is 17.7 Å². The highest BCUT2D eigenvalue weighted by Gasteiger charge is 2.20. The Morgan fingerprint density at radius 2 is 2.11 bits per heavy atom. The van der Waals surface area contributed by atoms with Gasteiger partial charge in [-0.15, -0.1) is 0 Å². The molecular weight excluding hydrogens is 242 g/mol. The van der Waals surface area contributed by atoms with Crippen LogP contribution in [0.3, 0.4) is 0 Å². The molecule has 0 N–H and O–H groups in total. The molecule has 0 unspecified atom stereocenters. The number of ether oxygens (including phenoxy) is 1. The highest BCUT2D eigenvalue weighted by Crippen LogP contribution is 2.26. The summed E-state index contributed by atoms with van der Waals surface area (Å²) in [4.78, 5) is 25.0. The van der Waals surface area contributed by atoms with E-state index >= 15 is 0 Å². The minimum Gasteiger partial charge on any atom is -0.463 e. The molecule has 0 saturated carbocycles. The molecule has 100 valence electrons. The smallest absolute Gasteiger partial charge is 0.330 e. The molecule has 1 aromatic rings. The Labute approximate surface area is 112 Å². The Morgan fingerprint density at radius 3 is 2.89 bits per heavy atom. The standard InChI is InChI=1S/C15H17NO3/c1-2-19-15(18)10-9-14(17)16-11-5-7-12-6-3-4-8-13(12)16/h3-4,6,8-10H,2,5,7,11H2,1H3. The van der Waals surface area contributed by atoms with E-state index in [-0.39, 0.29) is 5.91 Å². The van der Waals surface area contributed by atoms with Crippen molar-refractivity contribution in [3.05, 3.63) is 42.0 Å². The second-order valence-electron chi connectivity index (χ2n) is 4.31. The molecule has 0 aromatic heterocycles. The number of aryl methyl sites for hydroxylation is 1. The second-order valence-corrected chi connectivity index (χ2v) is 4.31. The summed E-state index contributed by atoms with van der Waals surface area (Å²) in [5, 5.41) is 0. The van der Waals surface area contributed by atoms with Gasteiger partial charge in [0, 0.05) is 24.4 Å². The normalized spacial score (nSPS) is 14.3. The van der Waals surface area contributed by atoms with Gasteiger partial charge in [-0.3, -0.25) is 4.79 Å². The highest BCUT2D eigenvalue weighted by molar-refractivity contribution is 6.04. The van der Waals surface area contributed by atoms with Crippen molar-refractivity contribution in [2.24, 2.45) is 0 Å². The van der Waals surface area contributed by atoms with Crippen LogP contribution in [-0.2, 0) is 20.7 Å². The van der Waals surface area contributed by atoms with Crippen molar-refractivity contribution in [1.29, 1.82) is 0 Å². The quantitative estimate of drug-likeness (QED) is 0.617. The Bertz CT molecular complexity index is 508. The summed E-state index contributed by atoms with van der Waals surface area (Å²) < 4.78 is 4.75. The number of para-hydroxylation sites is 1. The zero-order chi connectivity index (χ0) is 13.7. The van der Waals surface area contributed by atoms with E-state index in [0.29, 0.717) is 13.2 Å². The van der Waals surface area contributed by atoms with Gasteiger partial charge >= 0.3 is 5.97 Å². The third-order valence-electron chi connectivity index (χ3n) is 3.02. The van der Waals surface area contributed by atoms with Gasteiger partial charge in [0.15, 0.2) is 0 Å². The lowest BCUT2D eigenvalue weighted by Gasteiger charge is -2.28. The maximum Gasteiger partial charge on any atom is 0.330 e. The number of amides is 1. The van der Waals surface area contributed by atoms with E-state index in [9.17, 15) is 9.59 Å². The molecule has 4 nitrogen and oxygen atoms in total. The summed E-state index contributed by atoms with van der Waals surface area (Å²) in [5.41, 5.74) is 2.11. The fourth-order valence-electron chi connectivity index (χ4n) is 2.18. The van der Waals surface area contributed by atoms with E-state index in [2.05, 4.69) is 0 Å². The highest BCUT2D eigenvalue weighted by atomic mass is 16.5. The predicted molar refractivity (Wildman–Crippen MR) is 72.9 cm³/mol. The van der Waals surface area contributed by atoms with Crippen molar-refractivity contribution in [3.8, 4) is 0 Å². The average Bonchev–Trinajstić information content (AvgIpc) is 2.44. The third kappa shape index (κ3) is 3.22. The van der Waals surface area contributed by atoms with Crippen LogP contribution >= 0.6 is 0 Å². The summed E-state index contributed by atoms with van der Waals surface area (Å²) in [6.07, 6.45) is 4.39. The first-order valence-electron chi connectivity index (χ1n) is 6.46. The van der Waals surface area contributed by atoms with Gasteiger partial charge in [0.05, 0.1) is 6.61 Å². The van der Waals surface area contributed by atoms with Gasteiger partial charge in [-0.1, -0.05) is 18.2 Å². The molecule has 4 heteroatoms. The minimum absolute atomic E-state index is 0.180. The molecule has 19 heavy (non-hydrogen) atoms. The molecule has 0 fully saturated rings.